The molecule has 1 heterocycles. The maximum Gasteiger partial charge on any atom is 0.195 e. The van der Waals surface area contributed by atoms with E-state index in [1.165, 1.54) is 11.3 Å². The lowest BCUT2D eigenvalue weighted by atomic mass is 10.1. The van der Waals surface area contributed by atoms with Crippen molar-refractivity contribution >= 4 is 39.1 Å². The lowest BCUT2D eigenvalue weighted by molar-refractivity contribution is 0.105. The van der Waals surface area contributed by atoms with Crippen molar-refractivity contribution in [3.8, 4) is 5.75 Å². The molecule has 0 aliphatic carbocycles. The van der Waals surface area contributed by atoms with Crippen molar-refractivity contribution in [2.75, 3.05) is 0 Å². The molecule has 0 spiro atoms. The number of carbonyl (C=O) groups excluding carboxylic acids is 1. The molecule has 4 heteroatoms. The summed E-state index contributed by atoms with van der Waals surface area (Å²) in [4.78, 5) is 12.9. The van der Waals surface area contributed by atoms with Crippen molar-refractivity contribution in [1.82, 2.24) is 0 Å². The zero-order valence-electron chi connectivity index (χ0n) is 12.8. The van der Waals surface area contributed by atoms with Gasteiger partial charge in [0.1, 0.15) is 12.4 Å². The Morgan fingerprint density at radius 3 is 2.58 bits per heavy atom. The Morgan fingerprint density at radius 2 is 1.83 bits per heavy atom. The largest absolute Gasteiger partial charge is 0.488 e. The third-order valence-electron chi connectivity index (χ3n) is 3.38. The van der Waals surface area contributed by atoms with Gasteiger partial charge in [-0.2, -0.15) is 0 Å². The van der Waals surface area contributed by atoms with Crippen molar-refractivity contribution in [2.24, 2.45) is 0 Å². The summed E-state index contributed by atoms with van der Waals surface area (Å²) in [5.41, 5.74) is 1.99. The molecule has 1 aromatic heterocycles. The second kappa shape index (κ2) is 8.08. The van der Waals surface area contributed by atoms with Gasteiger partial charge in [-0.05, 0) is 45.8 Å². The molecule has 0 unspecified atom stereocenters. The third kappa shape index (κ3) is 4.43. The van der Waals surface area contributed by atoms with Gasteiger partial charge in [0.25, 0.3) is 0 Å². The number of carbonyl (C=O) groups is 1. The van der Waals surface area contributed by atoms with Crippen LogP contribution in [0.3, 0.4) is 0 Å². The van der Waals surface area contributed by atoms with E-state index in [4.69, 9.17) is 4.74 Å². The van der Waals surface area contributed by atoms with Crippen LogP contribution in [0.2, 0.25) is 0 Å². The summed E-state index contributed by atoms with van der Waals surface area (Å²) in [6.07, 6.45) is 3.39. The van der Waals surface area contributed by atoms with Gasteiger partial charge in [0, 0.05) is 15.4 Å². The highest BCUT2D eigenvalue weighted by atomic mass is 79.9. The molecule has 0 radical (unpaired) electrons. The Bertz CT molecular complexity index is 853. The molecule has 0 saturated carbocycles. The topological polar surface area (TPSA) is 26.3 Å². The molecule has 0 amide bonds. The van der Waals surface area contributed by atoms with Crippen molar-refractivity contribution < 1.29 is 9.53 Å². The van der Waals surface area contributed by atoms with Crippen molar-refractivity contribution in [3.05, 3.63) is 92.6 Å². The van der Waals surface area contributed by atoms with E-state index in [1.807, 2.05) is 66.0 Å². The molecule has 3 aromatic rings. The fourth-order valence-corrected chi connectivity index (χ4v) is 3.52. The number of rotatable bonds is 6. The summed E-state index contributed by atoms with van der Waals surface area (Å²) < 4.78 is 6.82. The van der Waals surface area contributed by atoms with Gasteiger partial charge >= 0.3 is 0 Å². The summed E-state index contributed by atoms with van der Waals surface area (Å²) in [5, 5.41) is 1.90. The van der Waals surface area contributed by atoms with Crippen LogP contribution in [0.5, 0.6) is 5.75 Å². The van der Waals surface area contributed by atoms with E-state index in [1.54, 1.807) is 12.2 Å². The second-order valence-corrected chi connectivity index (χ2v) is 6.97. The van der Waals surface area contributed by atoms with Crippen LogP contribution in [0, 0.1) is 0 Å². The predicted molar refractivity (Wildman–Crippen MR) is 103 cm³/mol. The summed E-state index contributed by atoms with van der Waals surface area (Å²) >= 11 is 4.79. The number of benzene rings is 2. The minimum absolute atomic E-state index is 0.0106. The molecule has 0 bridgehead atoms. The van der Waals surface area contributed by atoms with Crippen LogP contribution in [0.4, 0.5) is 0 Å². The van der Waals surface area contributed by atoms with Gasteiger partial charge in [0.15, 0.2) is 5.78 Å². The summed E-state index contributed by atoms with van der Waals surface area (Å²) in [5.74, 6) is 0.751. The number of thiophene rings is 1. The van der Waals surface area contributed by atoms with Crippen molar-refractivity contribution in [3.63, 3.8) is 0 Å². The molecule has 120 valence electrons. The first-order valence-electron chi connectivity index (χ1n) is 7.44. The number of allylic oxidation sites excluding steroid dienone is 1. The van der Waals surface area contributed by atoms with Crippen LogP contribution in [-0.2, 0) is 6.61 Å². The molecule has 0 atom stereocenters. The van der Waals surface area contributed by atoms with E-state index < -0.39 is 0 Å². The number of para-hydroxylation sites is 1. The average molecular weight is 399 g/mol. The summed E-state index contributed by atoms with van der Waals surface area (Å²) in [6.45, 7) is 0.498. The fraction of sp³-hybridized carbons (Fsp3) is 0.0500. The maximum absolute atomic E-state index is 12.2. The van der Waals surface area contributed by atoms with Gasteiger partial charge in [-0.15, -0.1) is 11.3 Å². The first kappa shape index (κ1) is 16.7. The summed E-state index contributed by atoms with van der Waals surface area (Å²) in [6, 6.07) is 19.5. The number of ketones is 1. The van der Waals surface area contributed by atoms with Gasteiger partial charge in [-0.1, -0.05) is 48.5 Å². The van der Waals surface area contributed by atoms with Crippen LogP contribution in [0.15, 0.2) is 76.6 Å². The lowest BCUT2D eigenvalue weighted by Gasteiger charge is -2.09. The van der Waals surface area contributed by atoms with Crippen LogP contribution in [-0.4, -0.2) is 5.78 Å². The standard InChI is InChI=1S/C20H15BrO2S/c21-17-12-20(24-14-17)18(22)11-10-16-8-4-5-9-19(16)23-13-15-6-2-1-3-7-15/h1-12,14H,13H2/b11-10+. The van der Waals surface area contributed by atoms with Crippen LogP contribution >= 0.6 is 27.3 Å². The zero-order valence-corrected chi connectivity index (χ0v) is 15.2. The van der Waals surface area contributed by atoms with E-state index in [2.05, 4.69) is 15.9 Å². The van der Waals surface area contributed by atoms with E-state index in [0.717, 1.165) is 21.3 Å². The van der Waals surface area contributed by atoms with Gasteiger partial charge in [0.2, 0.25) is 0 Å². The molecule has 0 aliphatic rings. The van der Waals surface area contributed by atoms with Crippen LogP contribution in [0.1, 0.15) is 20.8 Å². The number of halogens is 1. The van der Waals surface area contributed by atoms with E-state index >= 15 is 0 Å². The SMILES string of the molecule is O=C(/C=C/c1ccccc1OCc1ccccc1)c1cc(Br)cs1. The molecule has 0 fully saturated rings. The Balaban J connectivity index is 1.72. The average Bonchev–Trinajstić information content (AvgIpc) is 3.06. The molecule has 24 heavy (non-hydrogen) atoms. The third-order valence-corrected chi connectivity index (χ3v) is 5.09. The monoisotopic (exact) mass is 398 g/mol. The Hall–Kier alpha value is -2.17. The van der Waals surface area contributed by atoms with Crippen LogP contribution in [0.25, 0.3) is 6.08 Å². The highest BCUT2D eigenvalue weighted by Crippen LogP contribution is 2.23. The Labute approximate surface area is 153 Å². The first-order valence-corrected chi connectivity index (χ1v) is 9.12. The molecular formula is C20H15BrO2S. The predicted octanol–water partition coefficient (Wildman–Crippen LogP) is 5.99. The molecule has 2 nitrogen and oxygen atoms in total. The lowest BCUT2D eigenvalue weighted by Crippen LogP contribution is -1.97. The van der Waals surface area contributed by atoms with E-state index in [0.29, 0.717) is 11.5 Å². The first-order chi connectivity index (χ1) is 11.7. The minimum Gasteiger partial charge on any atom is -0.488 e. The summed E-state index contributed by atoms with van der Waals surface area (Å²) in [7, 11) is 0. The maximum atomic E-state index is 12.2. The zero-order chi connectivity index (χ0) is 16.8. The Kier molecular flexibility index (Phi) is 5.62. The van der Waals surface area contributed by atoms with Gasteiger partial charge < -0.3 is 4.74 Å². The van der Waals surface area contributed by atoms with E-state index in [-0.39, 0.29) is 5.78 Å². The molecule has 0 aliphatic heterocycles. The number of hydrogen-bond donors (Lipinski definition) is 0. The van der Waals surface area contributed by atoms with Crippen molar-refractivity contribution in [1.29, 1.82) is 0 Å². The highest BCUT2D eigenvalue weighted by molar-refractivity contribution is 9.10. The molecule has 3 rings (SSSR count). The molecule has 2 aromatic carbocycles. The van der Waals surface area contributed by atoms with Crippen molar-refractivity contribution in [2.45, 2.75) is 6.61 Å². The van der Waals surface area contributed by atoms with Gasteiger partial charge in [-0.25, -0.2) is 0 Å². The highest BCUT2D eigenvalue weighted by Gasteiger charge is 2.06. The number of ether oxygens (including phenoxy) is 1. The van der Waals surface area contributed by atoms with Crippen LogP contribution < -0.4 is 4.74 Å². The normalized spacial score (nSPS) is 10.9. The van der Waals surface area contributed by atoms with E-state index in [9.17, 15) is 4.79 Å². The Morgan fingerprint density at radius 1 is 1.08 bits per heavy atom. The van der Waals surface area contributed by atoms with Gasteiger partial charge in [0.05, 0.1) is 4.88 Å². The molecule has 0 N–H and O–H groups in total. The van der Waals surface area contributed by atoms with Gasteiger partial charge in [-0.3, -0.25) is 4.79 Å². The number of hydrogen-bond acceptors (Lipinski definition) is 3. The quantitative estimate of drug-likeness (QED) is 0.376. The second-order valence-electron chi connectivity index (χ2n) is 5.14. The molecular weight excluding hydrogens is 384 g/mol. The minimum atomic E-state index is -0.0106. The fourth-order valence-electron chi connectivity index (χ4n) is 2.17. The molecule has 0 saturated heterocycles. The smallest absolute Gasteiger partial charge is 0.195 e.